The molecule has 2 aromatic rings. The number of pyridine rings is 1. The molecule has 2 N–H and O–H groups in total. The zero-order valence-electron chi connectivity index (χ0n) is 11.7. The maximum atomic E-state index is 13.1. The first-order valence-corrected chi connectivity index (χ1v) is 6.71. The molecule has 1 heterocycles. The Labute approximate surface area is 123 Å². The van der Waals surface area contributed by atoms with Crippen molar-refractivity contribution in [3.8, 4) is 6.07 Å². The van der Waals surface area contributed by atoms with Crippen molar-refractivity contribution in [2.75, 3.05) is 12.3 Å². The molecular weight excluding hydrogens is 267 g/mol. The van der Waals surface area contributed by atoms with Gasteiger partial charge in [0.2, 0.25) is 0 Å². The number of aromatic nitrogens is 1. The number of nitrogen functional groups attached to an aromatic ring is 1. The van der Waals surface area contributed by atoms with Crippen LogP contribution in [0.1, 0.15) is 17.5 Å². The molecule has 1 aromatic carbocycles. The molecule has 1 aromatic heterocycles. The Kier molecular flexibility index (Phi) is 5.24. The standard InChI is InChI=1S/C16H17FN4/c17-15-5-4-14(16(19)9-15)12-21(8-2-6-18)11-13-3-1-7-20-10-13/h1,3-5,7,9-10H,2,8,11-12,19H2. The SMILES string of the molecule is N#CCCN(Cc1cccnc1)Cc1ccc(F)cc1N. The number of benzene rings is 1. The van der Waals surface area contributed by atoms with Crippen LogP contribution in [0, 0.1) is 17.1 Å². The van der Waals surface area contributed by atoms with Gasteiger partial charge >= 0.3 is 0 Å². The Morgan fingerprint density at radius 1 is 1.29 bits per heavy atom. The summed E-state index contributed by atoms with van der Waals surface area (Å²) in [6, 6.07) is 10.4. The highest BCUT2D eigenvalue weighted by Crippen LogP contribution is 2.17. The average molecular weight is 284 g/mol. The first kappa shape index (κ1) is 14.9. The van der Waals surface area contributed by atoms with Crippen molar-refractivity contribution in [1.82, 2.24) is 9.88 Å². The molecule has 0 radical (unpaired) electrons. The summed E-state index contributed by atoms with van der Waals surface area (Å²) in [7, 11) is 0. The highest BCUT2D eigenvalue weighted by Gasteiger charge is 2.10. The van der Waals surface area contributed by atoms with Gasteiger partial charge in [-0.2, -0.15) is 5.26 Å². The van der Waals surface area contributed by atoms with Crippen LogP contribution in [0.5, 0.6) is 0 Å². The van der Waals surface area contributed by atoms with E-state index < -0.39 is 0 Å². The lowest BCUT2D eigenvalue weighted by molar-refractivity contribution is 0.263. The lowest BCUT2D eigenvalue weighted by Crippen LogP contribution is -2.24. The number of rotatable bonds is 6. The van der Waals surface area contributed by atoms with Gasteiger partial charge in [0.15, 0.2) is 0 Å². The van der Waals surface area contributed by atoms with Crippen molar-refractivity contribution in [3.05, 3.63) is 59.7 Å². The molecule has 5 heteroatoms. The van der Waals surface area contributed by atoms with Gasteiger partial charge in [-0.15, -0.1) is 0 Å². The Bertz CT molecular complexity index is 622. The van der Waals surface area contributed by atoms with Crippen LogP contribution in [0.15, 0.2) is 42.7 Å². The number of hydrogen-bond donors (Lipinski definition) is 1. The first-order valence-electron chi connectivity index (χ1n) is 6.71. The quantitative estimate of drug-likeness (QED) is 0.828. The van der Waals surface area contributed by atoms with E-state index in [0.29, 0.717) is 31.7 Å². The van der Waals surface area contributed by atoms with Gasteiger partial charge in [0.05, 0.1) is 6.07 Å². The first-order chi connectivity index (χ1) is 10.2. The third kappa shape index (κ3) is 4.55. The van der Waals surface area contributed by atoms with Gasteiger partial charge in [-0.3, -0.25) is 9.88 Å². The fourth-order valence-electron chi connectivity index (χ4n) is 2.12. The molecule has 0 amide bonds. The maximum Gasteiger partial charge on any atom is 0.125 e. The van der Waals surface area contributed by atoms with Crippen LogP contribution < -0.4 is 5.73 Å². The highest BCUT2D eigenvalue weighted by atomic mass is 19.1. The molecule has 0 unspecified atom stereocenters. The van der Waals surface area contributed by atoms with Gasteiger partial charge in [0, 0.05) is 44.1 Å². The monoisotopic (exact) mass is 284 g/mol. The topological polar surface area (TPSA) is 65.9 Å². The molecular formula is C16H17FN4. The van der Waals surface area contributed by atoms with Crippen LogP contribution >= 0.6 is 0 Å². The summed E-state index contributed by atoms with van der Waals surface area (Å²) in [6.07, 6.45) is 3.95. The molecule has 0 aliphatic heterocycles. The summed E-state index contributed by atoms with van der Waals surface area (Å²) >= 11 is 0. The lowest BCUT2D eigenvalue weighted by atomic mass is 10.1. The second-order valence-electron chi connectivity index (χ2n) is 4.82. The maximum absolute atomic E-state index is 13.1. The third-order valence-electron chi connectivity index (χ3n) is 3.17. The number of hydrogen-bond acceptors (Lipinski definition) is 4. The molecule has 0 spiro atoms. The van der Waals surface area contributed by atoms with Crippen LogP contribution in [0.2, 0.25) is 0 Å². The zero-order valence-corrected chi connectivity index (χ0v) is 11.7. The van der Waals surface area contributed by atoms with E-state index in [9.17, 15) is 4.39 Å². The summed E-state index contributed by atoms with van der Waals surface area (Å²) in [4.78, 5) is 6.19. The van der Waals surface area contributed by atoms with Gasteiger partial charge in [-0.1, -0.05) is 12.1 Å². The molecule has 21 heavy (non-hydrogen) atoms. The summed E-state index contributed by atoms with van der Waals surface area (Å²) in [5.74, 6) is -0.341. The Morgan fingerprint density at radius 3 is 2.81 bits per heavy atom. The molecule has 0 fully saturated rings. The largest absolute Gasteiger partial charge is 0.398 e. The van der Waals surface area contributed by atoms with Gasteiger partial charge < -0.3 is 5.73 Å². The minimum absolute atomic E-state index is 0.341. The van der Waals surface area contributed by atoms with E-state index in [1.165, 1.54) is 12.1 Å². The van der Waals surface area contributed by atoms with Crippen molar-refractivity contribution < 1.29 is 4.39 Å². The van der Waals surface area contributed by atoms with E-state index in [1.807, 2.05) is 12.1 Å². The van der Waals surface area contributed by atoms with Gasteiger partial charge in [0.1, 0.15) is 5.82 Å². The highest BCUT2D eigenvalue weighted by molar-refractivity contribution is 5.46. The second kappa shape index (κ2) is 7.36. The fraction of sp³-hybridized carbons (Fsp3) is 0.250. The van der Waals surface area contributed by atoms with Crippen LogP contribution in [0.25, 0.3) is 0 Å². The molecule has 0 saturated heterocycles. The van der Waals surface area contributed by atoms with Gasteiger partial charge in [-0.05, 0) is 29.3 Å². The number of halogens is 1. The van der Waals surface area contributed by atoms with E-state index >= 15 is 0 Å². The van der Waals surface area contributed by atoms with Gasteiger partial charge in [-0.25, -0.2) is 4.39 Å². The molecule has 2 rings (SSSR count). The van der Waals surface area contributed by atoms with Crippen LogP contribution in [0.4, 0.5) is 10.1 Å². The summed E-state index contributed by atoms with van der Waals surface area (Å²) < 4.78 is 13.1. The van der Waals surface area contributed by atoms with Crippen molar-refractivity contribution in [1.29, 1.82) is 5.26 Å². The molecule has 108 valence electrons. The Balaban J connectivity index is 2.10. The Morgan fingerprint density at radius 2 is 2.14 bits per heavy atom. The predicted molar refractivity (Wildman–Crippen MR) is 79.4 cm³/mol. The van der Waals surface area contributed by atoms with Crippen LogP contribution in [0.3, 0.4) is 0 Å². The summed E-state index contributed by atoms with van der Waals surface area (Å²) in [5.41, 5.74) is 8.21. The number of nitrogens with zero attached hydrogens (tertiary/aromatic N) is 3. The molecule has 0 bridgehead atoms. The van der Waals surface area contributed by atoms with Gasteiger partial charge in [0.25, 0.3) is 0 Å². The van der Waals surface area contributed by atoms with E-state index in [2.05, 4.69) is 16.0 Å². The zero-order chi connectivity index (χ0) is 15.1. The molecule has 0 saturated carbocycles. The third-order valence-corrected chi connectivity index (χ3v) is 3.17. The second-order valence-corrected chi connectivity index (χ2v) is 4.82. The van der Waals surface area contributed by atoms with E-state index in [1.54, 1.807) is 18.5 Å². The number of nitrogens with two attached hydrogens (primary N) is 1. The average Bonchev–Trinajstić information content (AvgIpc) is 2.48. The molecule has 4 nitrogen and oxygen atoms in total. The molecule has 0 aliphatic rings. The van der Waals surface area contributed by atoms with Crippen molar-refractivity contribution in [2.45, 2.75) is 19.5 Å². The van der Waals surface area contributed by atoms with Crippen LogP contribution in [-0.4, -0.2) is 16.4 Å². The fourth-order valence-corrected chi connectivity index (χ4v) is 2.12. The van der Waals surface area contributed by atoms with Crippen LogP contribution in [-0.2, 0) is 13.1 Å². The Hall–Kier alpha value is -2.45. The minimum atomic E-state index is -0.341. The van der Waals surface area contributed by atoms with E-state index in [4.69, 9.17) is 11.0 Å². The van der Waals surface area contributed by atoms with Crippen molar-refractivity contribution in [2.24, 2.45) is 0 Å². The predicted octanol–water partition coefficient (Wildman–Crippen LogP) is 2.72. The smallest absolute Gasteiger partial charge is 0.125 e. The number of anilines is 1. The summed E-state index contributed by atoms with van der Waals surface area (Å²) in [5, 5.41) is 8.78. The normalized spacial score (nSPS) is 10.5. The van der Waals surface area contributed by atoms with Crippen molar-refractivity contribution in [3.63, 3.8) is 0 Å². The van der Waals surface area contributed by atoms with Crippen molar-refractivity contribution >= 4 is 5.69 Å². The minimum Gasteiger partial charge on any atom is -0.398 e. The molecule has 0 aliphatic carbocycles. The summed E-state index contributed by atoms with van der Waals surface area (Å²) in [6.45, 7) is 1.87. The van der Waals surface area contributed by atoms with E-state index in [0.717, 1.165) is 11.1 Å². The van der Waals surface area contributed by atoms with E-state index in [-0.39, 0.29) is 5.82 Å². The number of nitriles is 1. The molecule has 0 atom stereocenters. The lowest BCUT2D eigenvalue weighted by Gasteiger charge is -2.22.